The Morgan fingerprint density at radius 1 is 1.42 bits per heavy atom. The van der Waals surface area contributed by atoms with Crippen molar-refractivity contribution in [1.82, 2.24) is 4.98 Å². The molecule has 0 aliphatic heterocycles. The van der Waals surface area contributed by atoms with Crippen molar-refractivity contribution in [2.24, 2.45) is 0 Å². The lowest BCUT2D eigenvalue weighted by atomic mass is 10.1. The lowest BCUT2D eigenvalue weighted by Crippen LogP contribution is -2.11. The van der Waals surface area contributed by atoms with Crippen LogP contribution in [0.2, 0.25) is 5.15 Å². The van der Waals surface area contributed by atoms with Gasteiger partial charge in [0.25, 0.3) is 5.92 Å². The van der Waals surface area contributed by atoms with Crippen LogP contribution in [0, 0.1) is 6.92 Å². The van der Waals surface area contributed by atoms with Crippen molar-refractivity contribution in [3.05, 3.63) is 28.5 Å². The van der Waals surface area contributed by atoms with E-state index in [1.807, 2.05) is 0 Å². The van der Waals surface area contributed by atoms with Crippen LogP contribution in [-0.2, 0) is 5.92 Å². The van der Waals surface area contributed by atoms with Gasteiger partial charge in [-0.15, -0.1) is 0 Å². The second kappa shape index (κ2) is 2.98. The zero-order valence-corrected chi connectivity index (χ0v) is 7.49. The largest absolute Gasteiger partial charge is 0.287 e. The molecule has 12 heavy (non-hydrogen) atoms. The highest BCUT2D eigenvalue weighted by atomic mass is 35.5. The zero-order valence-electron chi connectivity index (χ0n) is 6.74. The fourth-order valence-corrected chi connectivity index (χ4v) is 1.10. The molecule has 1 aromatic rings. The van der Waals surface area contributed by atoms with E-state index in [0.717, 1.165) is 6.92 Å². The first kappa shape index (κ1) is 9.39. The predicted molar refractivity (Wildman–Crippen MR) is 43.6 cm³/mol. The summed E-state index contributed by atoms with van der Waals surface area (Å²) in [7, 11) is 0. The first-order chi connectivity index (χ1) is 5.41. The van der Waals surface area contributed by atoms with E-state index in [9.17, 15) is 8.78 Å². The van der Waals surface area contributed by atoms with E-state index in [-0.39, 0.29) is 10.8 Å². The van der Waals surface area contributed by atoms with E-state index >= 15 is 0 Å². The van der Waals surface area contributed by atoms with Crippen LogP contribution < -0.4 is 0 Å². The molecule has 0 saturated carbocycles. The summed E-state index contributed by atoms with van der Waals surface area (Å²) in [4.78, 5) is 3.56. The first-order valence-corrected chi connectivity index (χ1v) is 3.80. The van der Waals surface area contributed by atoms with E-state index in [1.54, 1.807) is 6.92 Å². The van der Waals surface area contributed by atoms with Crippen molar-refractivity contribution >= 4 is 11.6 Å². The van der Waals surface area contributed by atoms with Crippen LogP contribution in [0.15, 0.2) is 12.1 Å². The van der Waals surface area contributed by atoms with E-state index < -0.39 is 5.92 Å². The van der Waals surface area contributed by atoms with Gasteiger partial charge in [0.05, 0.1) is 0 Å². The molecule has 0 unspecified atom stereocenters. The molecular formula is C8H8ClF2N. The molecular weight excluding hydrogens is 184 g/mol. The van der Waals surface area contributed by atoms with E-state index in [4.69, 9.17) is 11.6 Å². The van der Waals surface area contributed by atoms with Gasteiger partial charge in [0, 0.05) is 6.92 Å². The maximum atomic E-state index is 12.8. The monoisotopic (exact) mass is 191 g/mol. The van der Waals surface area contributed by atoms with Crippen molar-refractivity contribution in [3.63, 3.8) is 0 Å². The van der Waals surface area contributed by atoms with Crippen molar-refractivity contribution in [3.8, 4) is 0 Å². The third-order valence-corrected chi connectivity index (χ3v) is 1.69. The molecule has 0 aromatic carbocycles. The smallest absolute Gasteiger partial charge is 0.235 e. The summed E-state index contributed by atoms with van der Waals surface area (Å²) in [5.41, 5.74) is 0.196. The minimum atomic E-state index is -2.92. The Balaban J connectivity index is 3.23. The number of nitrogens with zero attached hydrogens (tertiary/aromatic N) is 1. The fraction of sp³-hybridized carbons (Fsp3) is 0.375. The number of aromatic nitrogens is 1. The number of hydrogen-bond acceptors (Lipinski definition) is 1. The Morgan fingerprint density at radius 3 is 2.42 bits per heavy atom. The number of alkyl halides is 2. The van der Waals surface area contributed by atoms with Crippen LogP contribution in [0.25, 0.3) is 0 Å². The normalized spacial score (nSPS) is 11.8. The van der Waals surface area contributed by atoms with Crippen molar-refractivity contribution in [1.29, 1.82) is 0 Å². The van der Waals surface area contributed by atoms with Crippen LogP contribution >= 0.6 is 11.6 Å². The summed E-state index contributed by atoms with van der Waals surface area (Å²) in [6.07, 6.45) is 0. The molecule has 1 aromatic heterocycles. The molecule has 0 fully saturated rings. The minimum Gasteiger partial charge on any atom is -0.235 e. The maximum absolute atomic E-state index is 12.8. The van der Waals surface area contributed by atoms with Crippen LogP contribution in [-0.4, -0.2) is 4.98 Å². The standard InChI is InChI=1S/C8H8ClF2N/c1-5-3-4-6(9)12-7(5)8(2,10)11/h3-4H,1-2H3. The summed E-state index contributed by atoms with van der Waals surface area (Å²) < 4.78 is 25.5. The lowest BCUT2D eigenvalue weighted by Gasteiger charge is -2.11. The SMILES string of the molecule is Cc1ccc(Cl)nc1C(C)(F)F. The van der Waals surface area contributed by atoms with Gasteiger partial charge in [-0.25, -0.2) is 4.98 Å². The van der Waals surface area contributed by atoms with Gasteiger partial charge in [-0.05, 0) is 18.6 Å². The highest BCUT2D eigenvalue weighted by molar-refractivity contribution is 6.29. The minimum absolute atomic E-state index is 0.0946. The second-order valence-corrected chi connectivity index (χ2v) is 3.08. The van der Waals surface area contributed by atoms with Gasteiger partial charge in [-0.3, -0.25) is 0 Å². The third kappa shape index (κ3) is 1.91. The number of hydrogen-bond donors (Lipinski definition) is 0. The Kier molecular flexibility index (Phi) is 2.33. The van der Waals surface area contributed by atoms with Crippen LogP contribution in [0.4, 0.5) is 8.78 Å². The average molecular weight is 192 g/mol. The van der Waals surface area contributed by atoms with Gasteiger partial charge in [0.2, 0.25) is 0 Å². The molecule has 4 heteroatoms. The fourth-order valence-electron chi connectivity index (χ4n) is 0.949. The number of pyridine rings is 1. The number of halogens is 3. The van der Waals surface area contributed by atoms with E-state index in [2.05, 4.69) is 4.98 Å². The van der Waals surface area contributed by atoms with Crippen LogP contribution in [0.1, 0.15) is 18.2 Å². The van der Waals surface area contributed by atoms with Gasteiger partial charge in [0.15, 0.2) is 0 Å². The summed E-state index contributed by atoms with van der Waals surface area (Å²) in [5, 5.41) is 0.0946. The Labute approximate surface area is 74.4 Å². The molecule has 1 rings (SSSR count). The summed E-state index contributed by atoms with van der Waals surface area (Å²) in [6, 6.07) is 3.02. The molecule has 0 spiro atoms. The Morgan fingerprint density at radius 2 is 2.00 bits per heavy atom. The van der Waals surface area contributed by atoms with E-state index in [1.165, 1.54) is 12.1 Å². The van der Waals surface area contributed by atoms with Gasteiger partial charge >= 0.3 is 0 Å². The summed E-state index contributed by atoms with van der Waals surface area (Å²) >= 11 is 5.48. The topological polar surface area (TPSA) is 12.9 Å². The number of rotatable bonds is 1. The average Bonchev–Trinajstić information content (AvgIpc) is 1.92. The second-order valence-electron chi connectivity index (χ2n) is 2.69. The highest BCUT2D eigenvalue weighted by Crippen LogP contribution is 2.28. The molecule has 1 nitrogen and oxygen atoms in total. The quantitative estimate of drug-likeness (QED) is 0.622. The molecule has 0 N–H and O–H groups in total. The molecule has 0 saturated heterocycles. The lowest BCUT2D eigenvalue weighted by molar-refractivity contribution is 0.0121. The van der Waals surface area contributed by atoms with Crippen LogP contribution in [0.3, 0.4) is 0 Å². The maximum Gasteiger partial charge on any atom is 0.287 e. The third-order valence-electron chi connectivity index (χ3n) is 1.48. The number of aryl methyl sites for hydroxylation is 1. The van der Waals surface area contributed by atoms with E-state index in [0.29, 0.717) is 5.56 Å². The van der Waals surface area contributed by atoms with Crippen molar-refractivity contribution in [2.75, 3.05) is 0 Å². The molecule has 0 radical (unpaired) electrons. The first-order valence-electron chi connectivity index (χ1n) is 3.42. The Bertz CT molecular complexity index is 294. The van der Waals surface area contributed by atoms with Crippen molar-refractivity contribution in [2.45, 2.75) is 19.8 Å². The van der Waals surface area contributed by atoms with Gasteiger partial charge in [-0.2, -0.15) is 8.78 Å². The molecule has 1 heterocycles. The molecule has 0 atom stereocenters. The Hall–Kier alpha value is -0.700. The summed E-state index contributed by atoms with van der Waals surface area (Å²) in [6.45, 7) is 2.38. The molecule has 0 amide bonds. The molecule has 0 aliphatic rings. The zero-order chi connectivity index (χ0) is 9.35. The predicted octanol–water partition coefficient (Wildman–Crippen LogP) is 3.16. The molecule has 66 valence electrons. The van der Waals surface area contributed by atoms with Gasteiger partial charge < -0.3 is 0 Å². The van der Waals surface area contributed by atoms with Crippen LogP contribution in [0.5, 0.6) is 0 Å². The molecule has 0 aliphatic carbocycles. The molecule has 0 bridgehead atoms. The van der Waals surface area contributed by atoms with Gasteiger partial charge in [0.1, 0.15) is 10.8 Å². The highest BCUT2D eigenvalue weighted by Gasteiger charge is 2.28. The summed E-state index contributed by atoms with van der Waals surface area (Å²) in [5.74, 6) is -2.92. The van der Waals surface area contributed by atoms with Gasteiger partial charge in [-0.1, -0.05) is 17.7 Å². The van der Waals surface area contributed by atoms with Crippen molar-refractivity contribution < 1.29 is 8.78 Å².